The van der Waals surface area contributed by atoms with Crippen LogP contribution in [0.25, 0.3) is 0 Å². The smallest absolute Gasteiger partial charge is 0.266 e. The quantitative estimate of drug-likeness (QED) is 0.892. The van der Waals surface area contributed by atoms with Crippen molar-refractivity contribution in [1.82, 2.24) is 15.1 Å². The Morgan fingerprint density at radius 3 is 2.84 bits per heavy atom. The number of carbonyl (C=O) groups excluding carboxylic acids is 1. The minimum absolute atomic E-state index is 0.00518. The maximum Gasteiger partial charge on any atom is 0.266 e. The summed E-state index contributed by atoms with van der Waals surface area (Å²) in [5.41, 5.74) is 2.74. The normalized spacial score (nSPS) is 16.2. The Hall–Kier alpha value is -2.63. The fraction of sp³-hybridized carbons (Fsp3) is 0.421. The Morgan fingerprint density at radius 1 is 1.36 bits per heavy atom. The van der Waals surface area contributed by atoms with E-state index in [1.165, 1.54) is 4.68 Å². The van der Waals surface area contributed by atoms with Gasteiger partial charge >= 0.3 is 0 Å². The molecule has 1 aliphatic rings. The molecule has 1 aromatic heterocycles. The molecule has 132 valence electrons. The van der Waals surface area contributed by atoms with Gasteiger partial charge in [0, 0.05) is 19.2 Å². The third-order valence-electron chi connectivity index (χ3n) is 4.42. The fourth-order valence-corrected chi connectivity index (χ4v) is 3.14. The molecule has 1 heterocycles. The molecule has 25 heavy (non-hydrogen) atoms. The molecule has 6 nitrogen and oxygen atoms in total. The highest BCUT2D eigenvalue weighted by molar-refractivity contribution is 5.79. The van der Waals surface area contributed by atoms with E-state index in [-0.39, 0.29) is 17.5 Å². The molecule has 1 N–H and O–H groups in total. The molecular weight excluding hydrogens is 318 g/mol. The highest BCUT2D eigenvalue weighted by Gasteiger charge is 2.22. The average Bonchev–Trinajstić information content (AvgIpc) is 2.58. The van der Waals surface area contributed by atoms with E-state index >= 15 is 0 Å². The van der Waals surface area contributed by atoms with Crippen LogP contribution in [0.5, 0.6) is 5.75 Å². The van der Waals surface area contributed by atoms with E-state index in [2.05, 4.69) is 10.4 Å². The summed E-state index contributed by atoms with van der Waals surface area (Å²) in [6.07, 6.45) is 2.61. The number of nitrogens with zero attached hydrogens (tertiary/aromatic N) is 2. The Bertz CT molecular complexity index is 812. The number of hydrogen-bond acceptors (Lipinski definition) is 4. The predicted octanol–water partition coefficient (Wildman–Crippen LogP) is 1.40. The molecule has 1 atom stereocenters. The van der Waals surface area contributed by atoms with E-state index in [4.69, 9.17) is 4.74 Å². The number of aryl methyl sites for hydroxylation is 2. The number of aromatic nitrogens is 2. The number of benzene rings is 1. The van der Waals surface area contributed by atoms with Crippen molar-refractivity contribution in [2.24, 2.45) is 7.05 Å². The Labute approximate surface area is 146 Å². The summed E-state index contributed by atoms with van der Waals surface area (Å²) in [6, 6.07) is 9.27. The molecule has 0 saturated heterocycles. The van der Waals surface area contributed by atoms with Crippen molar-refractivity contribution in [3.63, 3.8) is 0 Å². The highest BCUT2D eigenvalue weighted by Crippen LogP contribution is 2.18. The molecule has 0 radical (unpaired) electrons. The van der Waals surface area contributed by atoms with Crippen molar-refractivity contribution in [3.8, 4) is 5.75 Å². The highest BCUT2D eigenvalue weighted by atomic mass is 16.5. The molecule has 1 aromatic carbocycles. The van der Waals surface area contributed by atoms with Crippen LogP contribution >= 0.6 is 0 Å². The first-order chi connectivity index (χ1) is 12.0. The van der Waals surface area contributed by atoms with Gasteiger partial charge in [-0.2, -0.15) is 5.10 Å². The van der Waals surface area contributed by atoms with Gasteiger partial charge in [0.15, 0.2) is 0 Å². The number of fused-ring (bicyclic) bond motifs is 1. The first-order valence-electron chi connectivity index (χ1n) is 8.62. The third-order valence-corrected chi connectivity index (χ3v) is 4.42. The van der Waals surface area contributed by atoms with Gasteiger partial charge in [-0.25, -0.2) is 4.68 Å². The van der Waals surface area contributed by atoms with E-state index in [0.29, 0.717) is 19.4 Å². The second-order valence-corrected chi connectivity index (χ2v) is 6.34. The molecule has 2 aromatic rings. The average molecular weight is 341 g/mol. The molecule has 0 spiro atoms. The van der Waals surface area contributed by atoms with Crippen LogP contribution in [0.15, 0.2) is 35.1 Å². The zero-order chi connectivity index (χ0) is 17.8. The van der Waals surface area contributed by atoms with Gasteiger partial charge in [-0.05, 0) is 49.4 Å². The van der Waals surface area contributed by atoms with Crippen LogP contribution in [0.4, 0.5) is 0 Å². The van der Waals surface area contributed by atoms with Crippen molar-refractivity contribution >= 4 is 5.91 Å². The molecule has 1 aliphatic carbocycles. The second-order valence-electron chi connectivity index (χ2n) is 6.34. The van der Waals surface area contributed by atoms with Gasteiger partial charge in [-0.3, -0.25) is 9.59 Å². The van der Waals surface area contributed by atoms with E-state index in [1.54, 1.807) is 13.1 Å². The summed E-state index contributed by atoms with van der Waals surface area (Å²) in [5.74, 6) is 0.805. The van der Waals surface area contributed by atoms with E-state index in [9.17, 15) is 9.59 Å². The van der Waals surface area contributed by atoms with Crippen LogP contribution in [-0.2, 0) is 31.1 Å². The number of ether oxygens (including phenoxy) is 1. The predicted molar refractivity (Wildman–Crippen MR) is 94.7 cm³/mol. The molecule has 6 heteroatoms. The largest absolute Gasteiger partial charge is 0.494 e. The van der Waals surface area contributed by atoms with Crippen molar-refractivity contribution in [2.75, 3.05) is 6.61 Å². The number of carbonyl (C=O) groups is 1. The SMILES string of the molecule is CCOc1ccc(CC(=O)NC2CCc3nn(C)c(=O)cc3C2)cc1. The first kappa shape index (κ1) is 17.2. The number of amides is 1. The second kappa shape index (κ2) is 7.51. The lowest BCUT2D eigenvalue weighted by Crippen LogP contribution is -2.40. The fourth-order valence-electron chi connectivity index (χ4n) is 3.14. The lowest BCUT2D eigenvalue weighted by atomic mass is 9.92. The molecule has 1 amide bonds. The standard InChI is InChI=1S/C19H23N3O3/c1-3-25-16-7-4-13(5-8-16)10-18(23)20-15-6-9-17-14(11-15)12-19(24)22(2)21-17/h4-5,7-8,12,15H,3,6,9-11H2,1-2H3,(H,20,23). The summed E-state index contributed by atoms with van der Waals surface area (Å²) in [7, 11) is 1.66. The van der Waals surface area contributed by atoms with Gasteiger partial charge in [0.1, 0.15) is 5.75 Å². The van der Waals surface area contributed by atoms with Gasteiger partial charge in [0.05, 0.1) is 18.7 Å². The Morgan fingerprint density at radius 2 is 2.12 bits per heavy atom. The Kier molecular flexibility index (Phi) is 5.16. The van der Waals surface area contributed by atoms with Crippen LogP contribution < -0.4 is 15.6 Å². The van der Waals surface area contributed by atoms with Crippen molar-refractivity contribution in [3.05, 3.63) is 57.5 Å². The minimum atomic E-state index is -0.111. The van der Waals surface area contributed by atoms with Gasteiger partial charge in [-0.15, -0.1) is 0 Å². The lowest BCUT2D eigenvalue weighted by Gasteiger charge is -2.25. The maximum absolute atomic E-state index is 12.3. The molecule has 1 unspecified atom stereocenters. The van der Waals surface area contributed by atoms with Crippen LogP contribution in [0.3, 0.4) is 0 Å². The lowest BCUT2D eigenvalue weighted by molar-refractivity contribution is -0.121. The van der Waals surface area contributed by atoms with Gasteiger partial charge in [0.2, 0.25) is 5.91 Å². The van der Waals surface area contributed by atoms with Crippen LogP contribution in [0, 0.1) is 0 Å². The summed E-state index contributed by atoms with van der Waals surface area (Å²) >= 11 is 0. The summed E-state index contributed by atoms with van der Waals surface area (Å²) in [4.78, 5) is 24.0. The van der Waals surface area contributed by atoms with Gasteiger partial charge in [0.25, 0.3) is 5.56 Å². The number of nitrogens with one attached hydrogen (secondary N) is 1. The van der Waals surface area contributed by atoms with Crippen LogP contribution in [-0.4, -0.2) is 28.3 Å². The van der Waals surface area contributed by atoms with Crippen LogP contribution in [0.1, 0.15) is 30.2 Å². The van der Waals surface area contributed by atoms with Crippen molar-refractivity contribution < 1.29 is 9.53 Å². The zero-order valence-corrected chi connectivity index (χ0v) is 14.6. The molecule has 0 aliphatic heterocycles. The van der Waals surface area contributed by atoms with Gasteiger partial charge in [-0.1, -0.05) is 12.1 Å². The molecule has 0 fully saturated rings. The first-order valence-corrected chi connectivity index (χ1v) is 8.62. The van der Waals surface area contributed by atoms with E-state index in [0.717, 1.165) is 35.4 Å². The minimum Gasteiger partial charge on any atom is -0.494 e. The van der Waals surface area contributed by atoms with Crippen molar-refractivity contribution in [1.29, 1.82) is 0 Å². The summed E-state index contributed by atoms with van der Waals surface area (Å²) in [6.45, 7) is 2.57. The summed E-state index contributed by atoms with van der Waals surface area (Å²) in [5, 5.41) is 7.37. The molecule has 0 saturated carbocycles. The maximum atomic E-state index is 12.3. The third kappa shape index (κ3) is 4.26. The van der Waals surface area contributed by atoms with E-state index < -0.39 is 0 Å². The number of hydrogen-bond donors (Lipinski definition) is 1. The molecular formula is C19H23N3O3. The molecule has 0 bridgehead atoms. The zero-order valence-electron chi connectivity index (χ0n) is 14.6. The Balaban J connectivity index is 1.58. The topological polar surface area (TPSA) is 73.2 Å². The summed E-state index contributed by atoms with van der Waals surface area (Å²) < 4.78 is 6.77. The van der Waals surface area contributed by atoms with Crippen LogP contribution in [0.2, 0.25) is 0 Å². The monoisotopic (exact) mass is 341 g/mol. The number of rotatable bonds is 5. The van der Waals surface area contributed by atoms with Crippen molar-refractivity contribution in [2.45, 2.75) is 38.6 Å². The molecule has 3 rings (SSSR count). The van der Waals surface area contributed by atoms with E-state index in [1.807, 2.05) is 31.2 Å². The van der Waals surface area contributed by atoms with Gasteiger partial charge < -0.3 is 10.1 Å².